The summed E-state index contributed by atoms with van der Waals surface area (Å²) >= 11 is 0. The summed E-state index contributed by atoms with van der Waals surface area (Å²) in [5.41, 5.74) is 0.225. The average molecular weight is 444 g/mol. The number of nitrogens with one attached hydrogen (secondary N) is 2. The average Bonchev–Trinajstić information content (AvgIpc) is 3.27. The van der Waals surface area contributed by atoms with Crippen LogP contribution in [0, 0.1) is 5.82 Å². The Kier molecular flexibility index (Phi) is 6.09. The molecule has 0 atom stereocenters. The number of carbonyl (C=O) groups excluding carboxylic acids is 1. The fourth-order valence-corrected chi connectivity index (χ4v) is 5.55. The first kappa shape index (κ1) is 21.5. The van der Waals surface area contributed by atoms with E-state index in [4.69, 9.17) is 0 Å². The van der Waals surface area contributed by atoms with Gasteiger partial charge < -0.3 is 5.32 Å². The maximum absolute atomic E-state index is 13.9. The summed E-state index contributed by atoms with van der Waals surface area (Å²) in [6.07, 6.45) is 5.48. The SMILES string of the molecule is O=C(Nc1cccc(S(=O)(=O)NC2=NCCC2)c1)C1(c2cccc(F)c2)CCCCC1. The second kappa shape index (κ2) is 8.78. The summed E-state index contributed by atoms with van der Waals surface area (Å²) < 4.78 is 41.8. The molecule has 0 spiro atoms. The quantitative estimate of drug-likeness (QED) is 0.728. The van der Waals surface area contributed by atoms with Crippen molar-refractivity contribution in [2.24, 2.45) is 4.99 Å². The number of aliphatic imine (C=N–C) groups is 1. The maximum Gasteiger partial charge on any atom is 0.262 e. The Labute approximate surface area is 182 Å². The van der Waals surface area contributed by atoms with Gasteiger partial charge in [-0.05, 0) is 55.2 Å². The van der Waals surface area contributed by atoms with Crippen LogP contribution in [0.5, 0.6) is 0 Å². The third-order valence-electron chi connectivity index (χ3n) is 6.05. The molecule has 0 bridgehead atoms. The zero-order chi connectivity index (χ0) is 21.9. The van der Waals surface area contributed by atoms with E-state index in [0.29, 0.717) is 42.9 Å². The smallest absolute Gasteiger partial charge is 0.262 e. The van der Waals surface area contributed by atoms with Gasteiger partial charge in [0.1, 0.15) is 11.7 Å². The normalized spacial score (nSPS) is 18.3. The van der Waals surface area contributed by atoms with Crippen molar-refractivity contribution >= 4 is 27.5 Å². The molecule has 0 unspecified atom stereocenters. The first-order chi connectivity index (χ1) is 14.9. The van der Waals surface area contributed by atoms with Gasteiger partial charge in [-0.25, -0.2) is 12.8 Å². The van der Waals surface area contributed by atoms with E-state index >= 15 is 0 Å². The van der Waals surface area contributed by atoms with Gasteiger partial charge >= 0.3 is 0 Å². The fraction of sp³-hybridized carbons (Fsp3) is 0.391. The van der Waals surface area contributed by atoms with Crippen LogP contribution in [-0.4, -0.2) is 26.7 Å². The van der Waals surface area contributed by atoms with Gasteiger partial charge in [-0.2, -0.15) is 0 Å². The highest BCUT2D eigenvalue weighted by molar-refractivity contribution is 7.90. The molecule has 2 aromatic carbocycles. The van der Waals surface area contributed by atoms with E-state index in [1.807, 2.05) is 0 Å². The topological polar surface area (TPSA) is 87.6 Å². The van der Waals surface area contributed by atoms with E-state index in [0.717, 1.165) is 25.7 Å². The Morgan fingerprint density at radius 3 is 2.48 bits per heavy atom. The summed E-state index contributed by atoms with van der Waals surface area (Å²) in [6, 6.07) is 12.4. The van der Waals surface area contributed by atoms with Gasteiger partial charge in [-0.3, -0.25) is 14.5 Å². The van der Waals surface area contributed by atoms with E-state index in [1.54, 1.807) is 24.3 Å². The number of amides is 1. The van der Waals surface area contributed by atoms with Crippen LogP contribution in [0.1, 0.15) is 50.5 Å². The second-order valence-electron chi connectivity index (χ2n) is 8.17. The summed E-state index contributed by atoms with van der Waals surface area (Å²) in [4.78, 5) is 17.6. The van der Waals surface area contributed by atoms with Crippen molar-refractivity contribution in [2.75, 3.05) is 11.9 Å². The predicted octanol–water partition coefficient (Wildman–Crippen LogP) is 4.14. The van der Waals surface area contributed by atoms with E-state index in [9.17, 15) is 17.6 Å². The monoisotopic (exact) mass is 443 g/mol. The number of benzene rings is 2. The van der Waals surface area contributed by atoms with Gasteiger partial charge in [0.15, 0.2) is 0 Å². The Morgan fingerprint density at radius 2 is 1.77 bits per heavy atom. The highest BCUT2D eigenvalue weighted by atomic mass is 32.2. The van der Waals surface area contributed by atoms with Crippen molar-refractivity contribution in [1.29, 1.82) is 0 Å². The number of rotatable bonds is 5. The van der Waals surface area contributed by atoms with E-state index in [1.165, 1.54) is 24.3 Å². The number of halogens is 1. The molecule has 0 aromatic heterocycles. The summed E-state index contributed by atoms with van der Waals surface area (Å²) in [5.74, 6) is -0.147. The number of nitrogens with zero attached hydrogens (tertiary/aromatic N) is 1. The Bertz CT molecular complexity index is 1110. The number of anilines is 1. The molecule has 31 heavy (non-hydrogen) atoms. The lowest BCUT2D eigenvalue weighted by atomic mass is 9.68. The molecule has 2 N–H and O–H groups in total. The molecule has 2 aliphatic rings. The highest BCUT2D eigenvalue weighted by Gasteiger charge is 2.41. The van der Waals surface area contributed by atoms with E-state index in [2.05, 4.69) is 15.0 Å². The third-order valence-corrected chi connectivity index (χ3v) is 7.43. The van der Waals surface area contributed by atoms with Crippen molar-refractivity contribution in [1.82, 2.24) is 4.72 Å². The van der Waals surface area contributed by atoms with Crippen molar-refractivity contribution in [3.05, 3.63) is 59.9 Å². The van der Waals surface area contributed by atoms with Gasteiger partial charge in [0.25, 0.3) is 10.0 Å². The van der Waals surface area contributed by atoms with E-state index in [-0.39, 0.29) is 16.6 Å². The molecular formula is C23H26FN3O3S. The number of carbonyl (C=O) groups is 1. The van der Waals surface area contributed by atoms with Crippen LogP contribution < -0.4 is 10.0 Å². The number of hydrogen-bond acceptors (Lipinski definition) is 4. The van der Waals surface area contributed by atoms with Crippen molar-refractivity contribution in [2.45, 2.75) is 55.3 Å². The number of hydrogen-bond donors (Lipinski definition) is 2. The van der Waals surface area contributed by atoms with Crippen LogP contribution in [0.4, 0.5) is 10.1 Å². The second-order valence-corrected chi connectivity index (χ2v) is 9.85. The molecular weight excluding hydrogens is 417 g/mol. The lowest BCUT2D eigenvalue weighted by Gasteiger charge is -2.36. The lowest BCUT2D eigenvalue weighted by molar-refractivity contribution is -0.122. The summed E-state index contributed by atoms with van der Waals surface area (Å²) in [5, 5.41) is 2.89. The Hall–Kier alpha value is -2.74. The Morgan fingerprint density at radius 1 is 1.00 bits per heavy atom. The van der Waals surface area contributed by atoms with Crippen LogP contribution >= 0.6 is 0 Å². The van der Waals surface area contributed by atoms with Crippen LogP contribution in [0.15, 0.2) is 58.4 Å². The minimum absolute atomic E-state index is 0.0587. The molecule has 0 radical (unpaired) electrons. The zero-order valence-corrected chi connectivity index (χ0v) is 18.1. The van der Waals surface area contributed by atoms with Gasteiger partial charge in [0, 0.05) is 18.7 Å². The van der Waals surface area contributed by atoms with Crippen LogP contribution in [0.3, 0.4) is 0 Å². The minimum atomic E-state index is -3.78. The third kappa shape index (κ3) is 4.63. The molecule has 1 saturated carbocycles. The number of amidine groups is 1. The number of sulfonamides is 1. The van der Waals surface area contributed by atoms with Crippen LogP contribution in [0.25, 0.3) is 0 Å². The van der Waals surface area contributed by atoms with Gasteiger partial charge in [0.05, 0.1) is 10.3 Å². The molecule has 0 saturated heterocycles. The van der Waals surface area contributed by atoms with E-state index < -0.39 is 15.4 Å². The standard InChI is InChI=1S/C23H26FN3O3S/c24-18-8-4-7-17(15-18)23(12-2-1-3-13-23)22(28)26-19-9-5-10-20(16-19)31(29,30)27-21-11-6-14-25-21/h4-5,7-10,15-16H,1-3,6,11-14H2,(H,25,27)(H,26,28). The van der Waals surface area contributed by atoms with Crippen molar-refractivity contribution < 1.29 is 17.6 Å². The van der Waals surface area contributed by atoms with Crippen molar-refractivity contribution in [3.8, 4) is 0 Å². The van der Waals surface area contributed by atoms with Gasteiger partial charge in [0.2, 0.25) is 5.91 Å². The minimum Gasteiger partial charge on any atom is -0.325 e. The zero-order valence-electron chi connectivity index (χ0n) is 17.2. The fourth-order valence-electron chi connectivity index (χ4n) is 4.42. The van der Waals surface area contributed by atoms with Gasteiger partial charge in [-0.15, -0.1) is 0 Å². The summed E-state index contributed by atoms with van der Waals surface area (Å²) in [7, 11) is -3.78. The van der Waals surface area contributed by atoms with Crippen molar-refractivity contribution in [3.63, 3.8) is 0 Å². The molecule has 4 rings (SSSR count). The Balaban J connectivity index is 1.59. The first-order valence-corrected chi connectivity index (χ1v) is 12.1. The molecule has 1 aliphatic heterocycles. The molecule has 1 aliphatic carbocycles. The molecule has 8 heteroatoms. The van der Waals surface area contributed by atoms with Gasteiger partial charge in [-0.1, -0.05) is 37.5 Å². The van der Waals surface area contributed by atoms with Crippen LogP contribution in [0.2, 0.25) is 0 Å². The van der Waals surface area contributed by atoms with Crippen LogP contribution in [-0.2, 0) is 20.2 Å². The maximum atomic E-state index is 13.9. The molecule has 1 heterocycles. The summed E-state index contributed by atoms with van der Waals surface area (Å²) in [6.45, 7) is 0.621. The molecule has 6 nitrogen and oxygen atoms in total. The molecule has 1 fully saturated rings. The predicted molar refractivity (Wildman–Crippen MR) is 118 cm³/mol. The molecule has 2 aromatic rings. The largest absolute Gasteiger partial charge is 0.325 e. The highest BCUT2D eigenvalue weighted by Crippen LogP contribution is 2.40. The first-order valence-electron chi connectivity index (χ1n) is 10.6. The molecule has 1 amide bonds. The molecule has 164 valence electrons. The lowest BCUT2D eigenvalue weighted by Crippen LogP contribution is -2.42.